The topological polar surface area (TPSA) is 67.2 Å². The van der Waals surface area contributed by atoms with Crippen LogP contribution in [0.1, 0.15) is 30.9 Å². The Balaban J connectivity index is 1.82. The van der Waals surface area contributed by atoms with Gasteiger partial charge in [-0.25, -0.2) is 4.98 Å². The number of ether oxygens (including phenoxy) is 1. The summed E-state index contributed by atoms with van der Waals surface area (Å²) in [5.74, 6) is 1.10. The minimum absolute atomic E-state index is 0.176. The van der Waals surface area contributed by atoms with E-state index in [9.17, 15) is 9.59 Å². The lowest BCUT2D eigenvalue weighted by atomic mass is 9.99. The van der Waals surface area contributed by atoms with Gasteiger partial charge in [0.2, 0.25) is 0 Å². The number of aromatic nitrogens is 2. The van der Waals surface area contributed by atoms with Gasteiger partial charge in [0.1, 0.15) is 15.8 Å². The number of nitrogens with zero attached hydrogens (tertiary/aromatic N) is 4. The molecule has 0 spiro atoms. The molecule has 164 valence electrons. The van der Waals surface area contributed by atoms with Gasteiger partial charge in [-0.1, -0.05) is 37.0 Å². The van der Waals surface area contributed by atoms with Gasteiger partial charge >= 0.3 is 0 Å². The largest absolute Gasteiger partial charge is 0.383 e. The first kappa shape index (κ1) is 22.0. The first-order chi connectivity index (χ1) is 14.9. The van der Waals surface area contributed by atoms with Crippen molar-refractivity contribution in [1.29, 1.82) is 0 Å². The standard InChI is InChI=1S/C22H26N4O3S2/c1-14-6-8-24(9-7-14)19-16(20(27)26-13-15(2)4-5-18(26)23-19)12-17-21(28)25(10-11-29-3)22(30)31-17/h4-5,12-14H,6-11H2,1-3H3. The van der Waals surface area contributed by atoms with Crippen LogP contribution >= 0.6 is 24.0 Å². The fraction of sp³-hybridized carbons (Fsp3) is 0.455. The van der Waals surface area contributed by atoms with Crippen molar-refractivity contribution in [2.45, 2.75) is 26.7 Å². The zero-order chi connectivity index (χ0) is 22.1. The van der Waals surface area contributed by atoms with E-state index >= 15 is 0 Å². The number of hydrogen-bond acceptors (Lipinski definition) is 7. The second-order valence-corrected chi connectivity index (χ2v) is 9.76. The first-order valence-corrected chi connectivity index (χ1v) is 11.6. The fourth-order valence-corrected chi connectivity index (χ4v) is 5.13. The summed E-state index contributed by atoms with van der Waals surface area (Å²) in [7, 11) is 1.59. The van der Waals surface area contributed by atoms with Crippen LogP contribution in [0.4, 0.5) is 5.82 Å². The Hall–Kier alpha value is -2.23. The Morgan fingerprint density at radius 1 is 1.29 bits per heavy atom. The molecule has 2 aromatic heterocycles. The number of piperidine rings is 1. The van der Waals surface area contributed by atoms with Crippen LogP contribution in [-0.2, 0) is 9.53 Å². The van der Waals surface area contributed by atoms with Crippen LogP contribution in [0.15, 0.2) is 28.0 Å². The molecule has 2 aromatic rings. The molecule has 0 unspecified atom stereocenters. The lowest BCUT2D eigenvalue weighted by molar-refractivity contribution is -0.122. The lowest BCUT2D eigenvalue weighted by Gasteiger charge is -2.32. The summed E-state index contributed by atoms with van der Waals surface area (Å²) in [6.07, 6.45) is 5.55. The van der Waals surface area contributed by atoms with Crippen molar-refractivity contribution in [3.05, 3.63) is 44.7 Å². The van der Waals surface area contributed by atoms with Crippen LogP contribution in [-0.4, -0.2) is 57.9 Å². The van der Waals surface area contributed by atoms with Crippen molar-refractivity contribution in [3.8, 4) is 0 Å². The number of pyridine rings is 1. The van der Waals surface area contributed by atoms with Crippen molar-refractivity contribution in [3.63, 3.8) is 0 Å². The Labute approximate surface area is 191 Å². The molecule has 0 aromatic carbocycles. The SMILES string of the molecule is COCCN1C(=O)C(=Cc2c(N3CCC(C)CC3)nc3ccc(C)cn3c2=O)SC1=S. The number of methoxy groups -OCH3 is 1. The van der Waals surface area contributed by atoms with Gasteiger partial charge in [0.05, 0.1) is 23.6 Å². The molecule has 0 aliphatic carbocycles. The molecule has 2 saturated heterocycles. The van der Waals surface area contributed by atoms with E-state index in [0.717, 1.165) is 31.5 Å². The Bertz CT molecular complexity index is 1120. The van der Waals surface area contributed by atoms with Gasteiger partial charge in [-0.2, -0.15) is 0 Å². The van der Waals surface area contributed by atoms with Crippen LogP contribution in [0.2, 0.25) is 0 Å². The van der Waals surface area contributed by atoms with E-state index in [1.807, 2.05) is 19.1 Å². The minimum Gasteiger partial charge on any atom is -0.383 e. The predicted molar refractivity (Wildman–Crippen MR) is 129 cm³/mol. The summed E-state index contributed by atoms with van der Waals surface area (Å²) >= 11 is 6.60. The number of aryl methyl sites for hydroxylation is 1. The van der Waals surface area contributed by atoms with E-state index in [1.54, 1.807) is 23.8 Å². The maximum atomic E-state index is 13.5. The quantitative estimate of drug-likeness (QED) is 0.504. The highest BCUT2D eigenvalue weighted by molar-refractivity contribution is 8.26. The monoisotopic (exact) mass is 458 g/mol. The summed E-state index contributed by atoms with van der Waals surface area (Å²) in [4.78, 5) is 35.4. The molecule has 7 nitrogen and oxygen atoms in total. The molecule has 1 amide bonds. The van der Waals surface area contributed by atoms with Crippen LogP contribution in [0.3, 0.4) is 0 Å². The first-order valence-electron chi connectivity index (χ1n) is 10.4. The number of rotatable bonds is 5. The normalized spacial score (nSPS) is 19.3. The maximum Gasteiger partial charge on any atom is 0.267 e. The molecule has 4 heterocycles. The van der Waals surface area contributed by atoms with E-state index in [1.165, 1.54) is 16.7 Å². The number of carbonyl (C=O) groups excluding carboxylic acids is 1. The van der Waals surface area contributed by atoms with Gasteiger partial charge in [-0.3, -0.25) is 18.9 Å². The third-order valence-electron chi connectivity index (χ3n) is 5.74. The van der Waals surface area contributed by atoms with Crippen LogP contribution in [0, 0.1) is 12.8 Å². The summed E-state index contributed by atoms with van der Waals surface area (Å²) < 4.78 is 7.12. The molecule has 4 rings (SSSR count). The van der Waals surface area contributed by atoms with E-state index in [0.29, 0.717) is 45.3 Å². The maximum absolute atomic E-state index is 13.5. The lowest BCUT2D eigenvalue weighted by Crippen LogP contribution is -2.36. The molecular formula is C22H26N4O3S2. The Morgan fingerprint density at radius 3 is 2.74 bits per heavy atom. The van der Waals surface area contributed by atoms with Crippen molar-refractivity contribution >= 4 is 51.7 Å². The molecule has 2 aliphatic heterocycles. The summed E-state index contributed by atoms with van der Waals surface area (Å²) in [5, 5.41) is 0. The molecule has 2 aliphatic rings. The molecule has 31 heavy (non-hydrogen) atoms. The summed E-state index contributed by atoms with van der Waals surface area (Å²) in [6, 6.07) is 3.81. The number of carbonyl (C=O) groups is 1. The van der Waals surface area contributed by atoms with Crippen molar-refractivity contribution in [1.82, 2.24) is 14.3 Å². The van der Waals surface area contributed by atoms with Crippen molar-refractivity contribution < 1.29 is 9.53 Å². The summed E-state index contributed by atoms with van der Waals surface area (Å²) in [6.45, 7) is 6.65. The number of hydrogen-bond donors (Lipinski definition) is 0. The van der Waals surface area contributed by atoms with Gasteiger partial charge in [0.15, 0.2) is 0 Å². The van der Waals surface area contributed by atoms with Gasteiger partial charge in [-0.05, 0) is 43.4 Å². The van der Waals surface area contributed by atoms with Gasteiger partial charge in [0, 0.05) is 26.4 Å². The van der Waals surface area contributed by atoms with Gasteiger partial charge in [0.25, 0.3) is 11.5 Å². The van der Waals surface area contributed by atoms with Crippen LogP contribution < -0.4 is 10.5 Å². The molecule has 0 N–H and O–H groups in total. The number of thioether (sulfide) groups is 1. The summed E-state index contributed by atoms with van der Waals surface area (Å²) in [5.41, 5.74) is 1.83. The van der Waals surface area contributed by atoms with Crippen molar-refractivity contribution in [2.24, 2.45) is 5.92 Å². The fourth-order valence-electron chi connectivity index (χ4n) is 3.84. The van der Waals surface area contributed by atoms with Crippen LogP contribution in [0.25, 0.3) is 11.7 Å². The third kappa shape index (κ3) is 4.40. The Kier molecular flexibility index (Phi) is 6.45. The van der Waals surface area contributed by atoms with E-state index in [-0.39, 0.29) is 11.5 Å². The van der Waals surface area contributed by atoms with Crippen LogP contribution in [0.5, 0.6) is 0 Å². The highest BCUT2D eigenvalue weighted by Gasteiger charge is 2.33. The second kappa shape index (κ2) is 9.10. The highest BCUT2D eigenvalue weighted by atomic mass is 32.2. The van der Waals surface area contributed by atoms with Gasteiger partial charge in [-0.15, -0.1) is 0 Å². The second-order valence-electron chi connectivity index (χ2n) is 8.08. The van der Waals surface area contributed by atoms with E-state index in [4.69, 9.17) is 21.9 Å². The number of amides is 1. The third-order valence-corrected chi connectivity index (χ3v) is 7.11. The Morgan fingerprint density at radius 2 is 2.03 bits per heavy atom. The molecule has 0 atom stereocenters. The average molecular weight is 459 g/mol. The molecule has 0 saturated carbocycles. The highest BCUT2D eigenvalue weighted by Crippen LogP contribution is 2.34. The average Bonchev–Trinajstić information content (AvgIpc) is 3.02. The molecular weight excluding hydrogens is 432 g/mol. The number of fused-ring (bicyclic) bond motifs is 1. The molecule has 0 bridgehead atoms. The molecule has 0 radical (unpaired) electrons. The minimum atomic E-state index is -0.195. The molecule has 2 fully saturated rings. The zero-order valence-electron chi connectivity index (χ0n) is 18.0. The zero-order valence-corrected chi connectivity index (χ0v) is 19.6. The van der Waals surface area contributed by atoms with Gasteiger partial charge < -0.3 is 9.64 Å². The van der Waals surface area contributed by atoms with E-state index in [2.05, 4.69) is 11.8 Å². The number of anilines is 1. The van der Waals surface area contributed by atoms with E-state index < -0.39 is 0 Å². The smallest absolute Gasteiger partial charge is 0.267 e. The van der Waals surface area contributed by atoms with Crippen molar-refractivity contribution in [2.75, 3.05) is 38.3 Å². The molecule has 9 heteroatoms. The number of thiocarbonyl (C=S) groups is 1. The predicted octanol–water partition coefficient (Wildman–Crippen LogP) is 3.09.